The highest BCUT2D eigenvalue weighted by Gasteiger charge is 2.06. The zero-order chi connectivity index (χ0) is 12.0. The van der Waals surface area contributed by atoms with Crippen LogP contribution < -0.4 is 0 Å². The molecule has 16 heavy (non-hydrogen) atoms. The van der Waals surface area contributed by atoms with Crippen LogP contribution in [0.5, 0.6) is 0 Å². The molecule has 0 fully saturated rings. The van der Waals surface area contributed by atoms with Crippen LogP contribution in [0.15, 0.2) is 41.3 Å². The van der Waals surface area contributed by atoms with Gasteiger partial charge in [0.15, 0.2) is 0 Å². The van der Waals surface area contributed by atoms with Crippen LogP contribution in [-0.4, -0.2) is 17.0 Å². The number of benzene rings is 1. The second-order valence-corrected chi connectivity index (χ2v) is 5.18. The lowest BCUT2D eigenvalue weighted by molar-refractivity contribution is 0.199. The molecule has 1 aromatic rings. The SMILES string of the molecule is C=C(CC)CC(O)CSc1ccc(C)cc1. The first-order valence-electron chi connectivity index (χ1n) is 5.66. The highest BCUT2D eigenvalue weighted by atomic mass is 32.2. The maximum atomic E-state index is 9.78. The molecule has 0 radical (unpaired) electrons. The molecule has 0 bridgehead atoms. The minimum absolute atomic E-state index is 0.279. The van der Waals surface area contributed by atoms with E-state index in [1.807, 2.05) is 0 Å². The highest BCUT2D eigenvalue weighted by molar-refractivity contribution is 7.99. The first kappa shape index (κ1) is 13.3. The van der Waals surface area contributed by atoms with Crippen LogP contribution in [0.2, 0.25) is 0 Å². The van der Waals surface area contributed by atoms with Crippen molar-refractivity contribution in [2.45, 2.75) is 37.7 Å². The van der Waals surface area contributed by atoms with Gasteiger partial charge in [-0.1, -0.05) is 36.8 Å². The Balaban J connectivity index is 2.34. The van der Waals surface area contributed by atoms with Gasteiger partial charge in [0.1, 0.15) is 0 Å². The molecule has 1 nitrogen and oxygen atoms in total. The number of hydrogen-bond donors (Lipinski definition) is 1. The second-order valence-electron chi connectivity index (χ2n) is 4.09. The maximum absolute atomic E-state index is 9.78. The van der Waals surface area contributed by atoms with Crippen LogP contribution in [0.1, 0.15) is 25.3 Å². The van der Waals surface area contributed by atoms with E-state index >= 15 is 0 Å². The second kappa shape index (κ2) is 6.77. The van der Waals surface area contributed by atoms with Gasteiger partial charge in [0.25, 0.3) is 0 Å². The lowest BCUT2D eigenvalue weighted by atomic mass is 10.1. The molecule has 1 unspecified atom stereocenters. The molecule has 88 valence electrons. The smallest absolute Gasteiger partial charge is 0.0671 e. The summed E-state index contributed by atoms with van der Waals surface area (Å²) < 4.78 is 0. The Labute approximate surface area is 103 Å². The summed E-state index contributed by atoms with van der Waals surface area (Å²) in [4.78, 5) is 1.21. The van der Waals surface area contributed by atoms with Crippen LogP contribution in [0.3, 0.4) is 0 Å². The molecular formula is C14H20OS. The molecule has 1 N–H and O–H groups in total. The average molecular weight is 236 g/mol. The van der Waals surface area contributed by atoms with E-state index in [9.17, 15) is 5.11 Å². The Kier molecular flexibility index (Phi) is 5.64. The molecule has 0 aliphatic heterocycles. The van der Waals surface area contributed by atoms with Crippen LogP contribution >= 0.6 is 11.8 Å². The normalized spacial score (nSPS) is 12.4. The molecule has 0 saturated heterocycles. The van der Waals surface area contributed by atoms with Gasteiger partial charge in [0.2, 0.25) is 0 Å². The van der Waals surface area contributed by atoms with Crippen LogP contribution in [-0.2, 0) is 0 Å². The predicted molar refractivity (Wildman–Crippen MR) is 72.0 cm³/mol. The Bertz CT molecular complexity index is 329. The van der Waals surface area contributed by atoms with Gasteiger partial charge in [-0.25, -0.2) is 0 Å². The molecule has 0 spiro atoms. The maximum Gasteiger partial charge on any atom is 0.0671 e. The van der Waals surface area contributed by atoms with Crippen molar-refractivity contribution in [3.8, 4) is 0 Å². The summed E-state index contributed by atoms with van der Waals surface area (Å²) in [5, 5.41) is 9.78. The fourth-order valence-corrected chi connectivity index (χ4v) is 2.19. The van der Waals surface area contributed by atoms with Crippen molar-refractivity contribution < 1.29 is 5.11 Å². The van der Waals surface area contributed by atoms with Crippen molar-refractivity contribution in [1.82, 2.24) is 0 Å². The predicted octanol–water partition coefficient (Wildman–Crippen LogP) is 3.80. The summed E-state index contributed by atoms with van der Waals surface area (Å²) in [7, 11) is 0. The molecule has 0 aliphatic rings. The van der Waals surface area contributed by atoms with E-state index < -0.39 is 0 Å². The number of aliphatic hydroxyl groups is 1. The lowest BCUT2D eigenvalue weighted by Crippen LogP contribution is -2.10. The largest absolute Gasteiger partial charge is 0.392 e. The van der Waals surface area contributed by atoms with Gasteiger partial charge in [-0.3, -0.25) is 0 Å². The number of aryl methyl sites for hydroxylation is 1. The quantitative estimate of drug-likeness (QED) is 0.599. The van der Waals surface area contributed by atoms with Crippen molar-refractivity contribution in [3.63, 3.8) is 0 Å². The van der Waals surface area contributed by atoms with Crippen molar-refractivity contribution in [1.29, 1.82) is 0 Å². The fraction of sp³-hybridized carbons (Fsp3) is 0.429. The molecule has 0 amide bonds. The van der Waals surface area contributed by atoms with Crippen molar-refractivity contribution >= 4 is 11.8 Å². The number of aliphatic hydroxyl groups excluding tert-OH is 1. The Morgan fingerprint density at radius 3 is 2.56 bits per heavy atom. The van der Waals surface area contributed by atoms with Gasteiger partial charge >= 0.3 is 0 Å². The number of thioether (sulfide) groups is 1. The molecule has 1 rings (SSSR count). The average Bonchev–Trinajstić information content (AvgIpc) is 2.28. The van der Waals surface area contributed by atoms with E-state index in [0.717, 1.165) is 24.2 Å². The van der Waals surface area contributed by atoms with Crippen LogP contribution in [0, 0.1) is 6.92 Å². The minimum Gasteiger partial charge on any atom is -0.392 e. The standard InChI is InChI=1S/C14H20OS/c1-4-11(2)9-13(15)10-16-14-7-5-12(3)6-8-14/h5-8,13,15H,2,4,9-10H2,1,3H3. The fourth-order valence-electron chi connectivity index (χ4n) is 1.36. The molecular weight excluding hydrogens is 216 g/mol. The van der Waals surface area contributed by atoms with Gasteiger partial charge in [-0.2, -0.15) is 0 Å². The summed E-state index contributed by atoms with van der Waals surface area (Å²) in [6.07, 6.45) is 1.39. The number of rotatable bonds is 6. The Morgan fingerprint density at radius 1 is 1.38 bits per heavy atom. The molecule has 0 saturated carbocycles. The summed E-state index contributed by atoms with van der Waals surface area (Å²) in [5.41, 5.74) is 2.39. The van der Waals surface area contributed by atoms with Crippen molar-refractivity contribution in [2.75, 3.05) is 5.75 Å². The molecule has 0 heterocycles. The number of hydrogen-bond acceptors (Lipinski definition) is 2. The Hall–Kier alpha value is -0.730. The summed E-state index contributed by atoms with van der Waals surface area (Å²) in [5.74, 6) is 0.738. The van der Waals surface area contributed by atoms with Gasteiger partial charge < -0.3 is 5.11 Å². The third-order valence-corrected chi connectivity index (χ3v) is 3.64. The summed E-state index contributed by atoms with van der Waals surface area (Å²) in [6.45, 7) is 8.06. The third-order valence-electron chi connectivity index (χ3n) is 2.49. The zero-order valence-corrected chi connectivity index (χ0v) is 10.9. The highest BCUT2D eigenvalue weighted by Crippen LogP contribution is 2.21. The van der Waals surface area contributed by atoms with Gasteiger partial charge in [0.05, 0.1) is 6.10 Å². The monoisotopic (exact) mass is 236 g/mol. The van der Waals surface area contributed by atoms with Gasteiger partial charge in [0, 0.05) is 10.6 Å². The van der Waals surface area contributed by atoms with E-state index in [2.05, 4.69) is 44.7 Å². The topological polar surface area (TPSA) is 20.2 Å². The van der Waals surface area contributed by atoms with Crippen LogP contribution in [0.4, 0.5) is 0 Å². The lowest BCUT2D eigenvalue weighted by Gasteiger charge is -2.11. The van der Waals surface area contributed by atoms with Gasteiger partial charge in [-0.15, -0.1) is 11.8 Å². The van der Waals surface area contributed by atoms with E-state index in [4.69, 9.17) is 0 Å². The summed E-state index contributed by atoms with van der Waals surface area (Å²) in [6, 6.07) is 8.39. The molecule has 1 atom stereocenters. The van der Waals surface area contributed by atoms with E-state index in [1.165, 1.54) is 10.5 Å². The Morgan fingerprint density at radius 2 is 2.00 bits per heavy atom. The molecule has 2 heteroatoms. The molecule has 1 aromatic carbocycles. The minimum atomic E-state index is -0.279. The first-order chi connectivity index (χ1) is 7.61. The molecule has 0 aliphatic carbocycles. The summed E-state index contributed by atoms with van der Waals surface area (Å²) >= 11 is 1.70. The third kappa shape index (κ3) is 4.86. The van der Waals surface area contributed by atoms with E-state index in [0.29, 0.717) is 0 Å². The van der Waals surface area contributed by atoms with E-state index in [1.54, 1.807) is 11.8 Å². The van der Waals surface area contributed by atoms with Crippen molar-refractivity contribution in [2.24, 2.45) is 0 Å². The van der Waals surface area contributed by atoms with Crippen LogP contribution in [0.25, 0.3) is 0 Å². The van der Waals surface area contributed by atoms with Gasteiger partial charge in [-0.05, 0) is 31.9 Å². The first-order valence-corrected chi connectivity index (χ1v) is 6.64. The molecule has 0 aromatic heterocycles. The zero-order valence-electron chi connectivity index (χ0n) is 10.1. The van der Waals surface area contributed by atoms with Crippen molar-refractivity contribution in [3.05, 3.63) is 42.0 Å². The van der Waals surface area contributed by atoms with E-state index in [-0.39, 0.29) is 6.10 Å².